The summed E-state index contributed by atoms with van der Waals surface area (Å²) in [7, 11) is 0. The van der Waals surface area contributed by atoms with Gasteiger partial charge in [-0.2, -0.15) is 0 Å². The van der Waals surface area contributed by atoms with E-state index >= 15 is 0 Å². The molecule has 1 heterocycles. The normalized spacial score (nSPS) is 18.4. The van der Waals surface area contributed by atoms with Crippen molar-refractivity contribution in [3.05, 3.63) is 35.4 Å². The van der Waals surface area contributed by atoms with E-state index in [1.54, 1.807) is 12.1 Å². The third-order valence-electron chi connectivity index (χ3n) is 4.13. The number of likely N-dealkylation sites (tertiary alicyclic amines) is 1. The summed E-state index contributed by atoms with van der Waals surface area (Å²) in [5.41, 5.74) is 1.71. The predicted molar refractivity (Wildman–Crippen MR) is 83.2 cm³/mol. The van der Waals surface area contributed by atoms with Crippen molar-refractivity contribution >= 4 is 11.8 Å². The Kier molecular flexibility index (Phi) is 5.37. The summed E-state index contributed by atoms with van der Waals surface area (Å²) in [6.45, 7) is 4.99. The van der Waals surface area contributed by atoms with Gasteiger partial charge >= 0.3 is 0 Å². The molecular weight excluding hydrogens is 264 g/mol. The van der Waals surface area contributed by atoms with Gasteiger partial charge in [-0.15, -0.1) is 0 Å². The lowest BCUT2D eigenvalue weighted by atomic mass is 10.00. The molecule has 1 aromatic carbocycles. The van der Waals surface area contributed by atoms with Crippen LogP contribution in [-0.4, -0.2) is 35.8 Å². The van der Waals surface area contributed by atoms with E-state index in [0.717, 1.165) is 31.4 Å². The SMILES string of the molecule is CCC1CCCCN1C(=O)CNC(=O)c1ccc(C)cc1. The van der Waals surface area contributed by atoms with Crippen LogP contribution in [0.3, 0.4) is 0 Å². The molecule has 1 fully saturated rings. The maximum absolute atomic E-state index is 12.3. The first-order valence-corrected chi connectivity index (χ1v) is 7.76. The number of carbonyl (C=O) groups is 2. The minimum atomic E-state index is -0.187. The van der Waals surface area contributed by atoms with Crippen LogP contribution in [-0.2, 0) is 4.79 Å². The lowest BCUT2D eigenvalue weighted by Gasteiger charge is -2.35. The third-order valence-corrected chi connectivity index (χ3v) is 4.13. The van der Waals surface area contributed by atoms with Crippen LogP contribution in [0, 0.1) is 6.92 Å². The Morgan fingerprint density at radius 2 is 1.95 bits per heavy atom. The molecule has 1 saturated heterocycles. The number of piperidine rings is 1. The van der Waals surface area contributed by atoms with Crippen LogP contribution in [0.2, 0.25) is 0 Å². The van der Waals surface area contributed by atoms with Crippen LogP contribution in [0.25, 0.3) is 0 Å². The molecule has 0 spiro atoms. The molecule has 0 bridgehead atoms. The number of hydrogen-bond acceptors (Lipinski definition) is 2. The molecule has 0 radical (unpaired) electrons. The van der Waals surface area contributed by atoms with Crippen molar-refractivity contribution in [2.24, 2.45) is 0 Å². The van der Waals surface area contributed by atoms with Gasteiger partial charge in [-0.05, 0) is 44.7 Å². The number of nitrogens with zero attached hydrogens (tertiary/aromatic N) is 1. The van der Waals surface area contributed by atoms with Crippen LogP contribution in [0.15, 0.2) is 24.3 Å². The van der Waals surface area contributed by atoms with Crippen molar-refractivity contribution in [3.63, 3.8) is 0 Å². The van der Waals surface area contributed by atoms with E-state index < -0.39 is 0 Å². The van der Waals surface area contributed by atoms with Gasteiger partial charge in [-0.3, -0.25) is 9.59 Å². The van der Waals surface area contributed by atoms with Gasteiger partial charge < -0.3 is 10.2 Å². The van der Waals surface area contributed by atoms with Crippen LogP contribution in [0.5, 0.6) is 0 Å². The first-order valence-electron chi connectivity index (χ1n) is 7.76. The Hall–Kier alpha value is -1.84. The number of aryl methyl sites for hydroxylation is 1. The molecule has 21 heavy (non-hydrogen) atoms. The minimum absolute atomic E-state index is 0.0296. The van der Waals surface area contributed by atoms with E-state index in [9.17, 15) is 9.59 Å². The lowest BCUT2D eigenvalue weighted by molar-refractivity contribution is -0.133. The largest absolute Gasteiger partial charge is 0.343 e. The number of rotatable bonds is 4. The first-order chi connectivity index (χ1) is 10.1. The van der Waals surface area contributed by atoms with E-state index in [1.165, 1.54) is 6.42 Å². The highest BCUT2D eigenvalue weighted by molar-refractivity contribution is 5.96. The van der Waals surface area contributed by atoms with Gasteiger partial charge in [0, 0.05) is 18.2 Å². The second kappa shape index (κ2) is 7.25. The number of hydrogen-bond donors (Lipinski definition) is 1. The molecule has 114 valence electrons. The molecule has 1 atom stereocenters. The molecule has 0 aliphatic carbocycles. The molecule has 1 aliphatic heterocycles. The fourth-order valence-corrected chi connectivity index (χ4v) is 2.82. The molecule has 1 aliphatic rings. The molecule has 1 aromatic rings. The number of carbonyl (C=O) groups excluding carboxylic acids is 2. The Morgan fingerprint density at radius 3 is 2.62 bits per heavy atom. The van der Waals surface area contributed by atoms with E-state index in [-0.39, 0.29) is 18.4 Å². The highest BCUT2D eigenvalue weighted by Crippen LogP contribution is 2.19. The number of nitrogens with one attached hydrogen (secondary N) is 1. The van der Waals surface area contributed by atoms with Gasteiger partial charge in [0.2, 0.25) is 5.91 Å². The lowest BCUT2D eigenvalue weighted by Crippen LogP contribution is -2.47. The summed E-state index contributed by atoms with van der Waals surface area (Å²) in [6.07, 6.45) is 4.32. The summed E-state index contributed by atoms with van der Waals surface area (Å²) in [5, 5.41) is 2.73. The fraction of sp³-hybridized carbons (Fsp3) is 0.529. The Bertz CT molecular complexity index is 496. The maximum Gasteiger partial charge on any atom is 0.251 e. The monoisotopic (exact) mass is 288 g/mol. The zero-order valence-electron chi connectivity index (χ0n) is 12.9. The average molecular weight is 288 g/mol. The fourth-order valence-electron chi connectivity index (χ4n) is 2.82. The number of benzene rings is 1. The minimum Gasteiger partial charge on any atom is -0.343 e. The van der Waals surface area contributed by atoms with Crippen molar-refractivity contribution in [3.8, 4) is 0 Å². The summed E-state index contributed by atoms with van der Waals surface area (Å²) >= 11 is 0. The second-order valence-electron chi connectivity index (χ2n) is 5.69. The van der Waals surface area contributed by atoms with Crippen LogP contribution in [0.4, 0.5) is 0 Å². The summed E-state index contributed by atoms with van der Waals surface area (Å²) < 4.78 is 0. The highest BCUT2D eigenvalue weighted by atomic mass is 16.2. The van der Waals surface area contributed by atoms with Crippen molar-refractivity contribution in [1.82, 2.24) is 10.2 Å². The highest BCUT2D eigenvalue weighted by Gasteiger charge is 2.25. The predicted octanol–water partition coefficient (Wildman–Crippen LogP) is 2.52. The molecular formula is C17H24N2O2. The molecule has 1 unspecified atom stereocenters. The van der Waals surface area contributed by atoms with Gasteiger partial charge in [0.15, 0.2) is 0 Å². The Balaban J connectivity index is 1.88. The van der Waals surface area contributed by atoms with E-state index in [0.29, 0.717) is 11.6 Å². The molecule has 0 saturated carbocycles. The molecule has 4 heteroatoms. The zero-order valence-corrected chi connectivity index (χ0v) is 12.9. The van der Waals surface area contributed by atoms with E-state index in [4.69, 9.17) is 0 Å². The first kappa shape index (κ1) is 15.5. The van der Waals surface area contributed by atoms with Crippen molar-refractivity contribution < 1.29 is 9.59 Å². The van der Waals surface area contributed by atoms with Gasteiger partial charge in [-0.1, -0.05) is 24.6 Å². The molecule has 2 rings (SSSR count). The standard InChI is InChI=1S/C17H24N2O2/c1-3-15-6-4-5-11-19(15)16(20)12-18-17(21)14-9-7-13(2)8-10-14/h7-10,15H,3-6,11-12H2,1-2H3,(H,18,21). The van der Waals surface area contributed by atoms with Gasteiger partial charge in [0.05, 0.1) is 6.54 Å². The topological polar surface area (TPSA) is 49.4 Å². The second-order valence-corrected chi connectivity index (χ2v) is 5.69. The molecule has 0 aromatic heterocycles. The maximum atomic E-state index is 12.3. The van der Waals surface area contributed by atoms with E-state index in [2.05, 4.69) is 12.2 Å². The summed E-state index contributed by atoms with van der Waals surface area (Å²) in [5.74, 6) is -0.157. The van der Waals surface area contributed by atoms with Gasteiger partial charge in [-0.25, -0.2) is 0 Å². The summed E-state index contributed by atoms with van der Waals surface area (Å²) in [4.78, 5) is 26.2. The van der Waals surface area contributed by atoms with Crippen molar-refractivity contribution in [1.29, 1.82) is 0 Å². The number of amides is 2. The van der Waals surface area contributed by atoms with Crippen LogP contribution < -0.4 is 5.32 Å². The third kappa shape index (κ3) is 4.06. The molecule has 4 nitrogen and oxygen atoms in total. The van der Waals surface area contributed by atoms with E-state index in [1.807, 2.05) is 24.0 Å². The smallest absolute Gasteiger partial charge is 0.251 e. The van der Waals surface area contributed by atoms with Gasteiger partial charge in [0.1, 0.15) is 0 Å². The molecule has 1 N–H and O–H groups in total. The summed E-state index contributed by atoms with van der Waals surface area (Å²) in [6, 6.07) is 7.70. The average Bonchev–Trinajstić information content (AvgIpc) is 2.52. The van der Waals surface area contributed by atoms with Crippen molar-refractivity contribution in [2.75, 3.05) is 13.1 Å². The Morgan fingerprint density at radius 1 is 1.24 bits per heavy atom. The zero-order chi connectivity index (χ0) is 15.2. The van der Waals surface area contributed by atoms with Crippen molar-refractivity contribution in [2.45, 2.75) is 45.6 Å². The van der Waals surface area contributed by atoms with Crippen LogP contribution in [0.1, 0.15) is 48.5 Å². The van der Waals surface area contributed by atoms with Gasteiger partial charge in [0.25, 0.3) is 5.91 Å². The quantitative estimate of drug-likeness (QED) is 0.925. The molecule has 2 amide bonds. The van der Waals surface area contributed by atoms with Crippen LogP contribution >= 0.6 is 0 Å². The Labute approximate surface area is 126 Å².